The van der Waals surface area contributed by atoms with Gasteiger partial charge in [0.15, 0.2) is 0 Å². The van der Waals surface area contributed by atoms with Crippen molar-refractivity contribution in [3.05, 3.63) is 33.4 Å². The van der Waals surface area contributed by atoms with Gasteiger partial charge in [0, 0.05) is 16.2 Å². The monoisotopic (exact) mass is 303 g/mol. The fraction of sp³-hybridized carbons (Fsp3) is 0.455. The fourth-order valence-electron chi connectivity index (χ4n) is 1.80. The maximum Gasteiger partial charge on any atom is 0.0975 e. The molecule has 1 fully saturated rings. The van der Waals surface area contributed by atoms with Gasteiger partial charge in [0.05, 0.1) is 6.10 Å². The van der Waals surface area contributed by atoms with Crippen molar-refractivity contribution in [2.24, 2.45) is 5.73 Å². The molecule has 0 bridgehead atoms. The second-order valence-electron chi connectivity index (χ2n) is 3.65. The first kappa shape index (κ1) is 10.4. The number of halogens is 1. The minimum Gasteiger partial charge on any atom is -0.372 e. The van der Waals surface area contributed by atoms with Gasteiger partial charge in [0.25, 0.3) is 0 Å². The van der Waals surface area contributed by atoms with Gasteiger partial charge in [0.2, 0.25) is 0 Å². The standard InChI is InChI=1S/C11H14INO/c12-9-5-3-8(4-6-9)11-10(13)2-1-7-14-11/h3-6,10-11H,1-2,7,13H2. The van der Waals surface area contributed by atoms with E-state index in [-0.39, 0.29) is 12.1 Å². The molecule has 1 heterocycles. The Hall–Kier alpha value is -0.130. The zero-order valence-corrected chi connectivity index (χ0v) is 10.1. The van der Waals surface area contributed by atoms with Crippen molar-refractivity contribution in [1.29, 1.82) is 0 Å². The molecule has 3 heteroatoms. The lowest BCUT2D eigenvalue weighted by Gasteiger charge is -2.29. The van der Waals surface area contributed by atoms with Crippen LogP contribution in [0.4, 0.5) is 0 Å². The number of benzene rings is 1. The number of nitrogens with two attached hydrogens (primary N) is 1. The number of hydrogen-bond acceptors (Lipinski definition) is 2. The van der Waals surface area contributed by atoms with E-state index in [1.807, 2.05) is 0 Å². The second kappa shape index (κ2) is 4.59. The Bertz CT molecular complexity index is 299. The SMILES string of the molecule is NC1CCCOC1c1ccc(I)cc1. The third-order valence-electron chi connectivity index (χ3n) is 2.57. The average Bonchev–Trinajstić information content (AvgIpc) is 2.20. The molecule has 2 nitrogen and oxygen atoms in total. The molecular formula is C11H14INO. The Labute approximate surface area is 98.0 Å². The van der Waals surface area contributed by atoms with Gasteiger partial charge in [-0.1, -0.05) is 12.1 Å². The highest BCUT2D eigenvalue weighted by molar-refractivity contribution is 14.1. The first-order valence-electron chi connectivity index (χ1n) is 4.90. The Morgan fingerprint density at radius 3 is 2.64 bits per heavy atom. The number of rotatable bonds is 1. The van der Waals surface area contributed by atoms with Crippen LogP contribution in [0.2, 0.25) is 0 Å². The van der Waals surface area contributed by atoms with Crippen molar-refractivity contribution in [2.45, 2.75) is 25.0 Å². The largest absolute Gasteiger partial charge is 0.372 e. The van der Waals surface area contributed by atoms with Gasteiger partial charge in [0.1, 0.15) is 0 Å². The van der Waals surface area contributed by atoms with Crippen molar-refractivity contribution in [3.63, 3.8) is 0 Å². The number of hydrogen-bond donors (Lipinski definition) is 1. The molecule has 2 N–H and O–H groups in total. The van der Waals surface area contributed by atoms with Crippen molar-refractivity contribution in [1.82, 2.24) is 0 Å². The molecule has 0 spiro atoms. The van der Waals surface area contributed by atoms with Gasteiger partial charge in [-0.3, -0.25) is 0 Å². The lowest BCUT2D eigenvalue weighted by Crippen LogP contribution is -2.34. The molecular weight excluding hydrogens is 289 g/mol. The fourth-order valence-corrected chi connectivity index (χ4v) is 2.16. The maximum atomic E-state index is 6.02. The maximum absolute atomic E-state index is 6.02. The second-order valence-corrected chi connectivity index (χ2v) is 4.89. The van der Waals surface area contributed by atoms with E-state index >= 15 is 0 Å². The third kappa shape index (κ3) is 2.27. The molecule has 2 rings (SSSR count). The van der Waals surface area contributed by atoms with E-state index in [9.17, 15) is 0 Å². The zero-order valence-electron chi connectivity index (χ0n) is 7.95. The van der Waals surface area contributed by atoms with Crippen LogP contribution in [0.15, 0.2) is 24.3 Å². The summed E-state index contributed by atoms with van der Waals surface area (Å²) in [5, 5.41) is 0. The Kier molecular flexibility index (Phi) is 3.41. The van der Waals surface area contributed by atoms with Crippen molar-refractivity contribution < 1.29 is 4.74 Å². The smallest absolute Gasteiger partial charge is 0.0975 e. The van der Waals surface area contributed by atoms with Crippen molar-refractivity contribution in [2.75, 3.05) is 6.61 Å². The van der Waals surface area contributed by atoms with Gasteiger partial charge in [-0.15, -0.1) is 0 Å². The van der Waals surface area contributed by atoms with E-state index in [0.29, 0.717) is 0 Å². The normalized spacial score (nSPS) is 27.6. The summed E-state index contributed by atoms with van der Waals surface area (Å²) in [4.78, 5) is 0. The molecule has 76 valence electrons. The van der Waals surface area contributed by atoms with Crippen LogP contribution in [0.3, 0.4) is 0 Å². The lowest BCUT2D eigenvalue weighted by molar-refractivity contribution is 0.000139. The summed E-state index contributed by atoms with van der Waals surface area (Å²) >= 11 is 2.30. The minimum absolute atomic E-state index is 0.0979. The summed E-state index contributed by atoms with van der Waals surface area (Å²) in [6.07, 6.45) is 2.25. The molecule has 1 aliphatic rings. The zero-order chi connectivity index (χ0) is 9.97. The summed E-state index contributed by atoms with van der Waals surface area (Å²) in [6, 6.07) is 8.57. The Morgan fingerprint density at radius 2 is 2.00 bits per heavy atom. The molecule has 0 radical (unpaired) electrons. The molecule has 1 saturated heterocycles. The van der Waals surface area contributed by atoms with E-state index in [2.05, 4.69) is 46.9 Å². The van der Waals surface area contributed by atoms with E-state index in [1.54, 1.807) is 0 Å². The predicted molar refractivity (Wildman–Crippen MR) is 65.1 cm³/mol. The summed E-state index contributed by atoms with van der Waals surface area (Å²) in [7, 11) is 0. The van der Waals surface area contributed by atoms with Crippen LogP contribution < -0.4 is 5.73 Å². The lowest BCUT2D eigenvalue weighted by atomic mass is 9.97. The Balaban J connectivity index is 2.16. The highest BCUT2D eigenvalue weighted by Gasteiger charge is 2.23. The van der Waals surface area contributed by atoms with Crippen LogP contribution in [0.5, 0.6) is 0 Å². The van der Waals surface area contributed by atoms with E-state index < -0.39 is 0 Å². The van der Waals surface area contributed by atoms with Crippen LogP contribution in [0.1, 0.15) is 24.5 Å². The summed E-state index contributed by atoms with van der Waals surface area (Å²) in [5.41, 5.74) is 7.23. The van der Waals surface area contributed by atoms with E-state index in [1.165, 1.54) is 9.13 Å². The Morgan fingerprint density at radius 1 is 1.29 bits per heavy atom. The molecule has 0 aliphatic carbocycles. The van der Waals surface area contributed by atoms with E-state index in [0.717, 1.165) is 19.4 Å². The number of ether oxygens (including phenoxy) is 1. The minimum atomic E-state index is 0.0979. The van der Waals surface area contributed by atoms with Crippen LogP contribution >= 0.6 is 22.6 Å². The molecule has 0 saturated carbocycles. The topological polar surface area (TPSA) is 35.2 Å². The molecule has 14 heavy (non-hydrogen) atoms. The van der Waals surface area contributed by atoms with Crippen molar-refractivity contribution in [3.8, 4) is 0 Å². The summed E-state index contributed by atoms with van der Waals surface area (Å²) in [6.45, 7) is 0.838. The summed E-state index contributed by atoms with van der Waals surface area (Å²) in [5.74, 6) is 0. The van der Waals surface area contributed by atoms with Crippen LogP contribution in [0.25, 0.3) is 0 Å². The first-order chi connectivity index (χ1) is 6.77. The van der Waals surface area contributed by atoms with Crippen LogP contribution in [-0.2, 0) is 4.74 Å². The predicted octanol–water partition coefficient (Wildman–Crippen LogP) is 2.47. The molecule has 0 amide bonds. The molecule has 1 aromatic carbocycles. The highest BCUT2D eigenvalue weighted by atomic mass is 127. The molecule has 1 aromatic rings. The third-order valence-corrected chi connectivity index (χ3v) is 3.29. The van der Waals surface area contributed by atoms with Gasteiger partial charge in [-0.2, -0.15) is 0 Å². The van der Waals surface area contributed by atoms with Gasteiger partial charge >= 0.3 is 0 Å². The molecule has 2 unspecified atom stereocenters. The van der Waals surface area contributed by atoms with Gasteiger partial charge in [-0.05, 0) is 53.1 Å². The average molecular weight is 303 g/mol. The van der Waals surface area contributed by atoms with Crippen LogP contribution in [0, 0.1) is 3.57 Å². The van der Waals surface area contributed by atoms with Gasteiger partial charge in [-0.25, -0.2) is 0 Å². The quantitative estimate of drug-likeness (QED) is 0.809. The molecule has 1 aliphatic heterocycles. The highest BCUT2D eigenvalue weighted by Crippen LogP contribution is 2.27. The van der Waals surface area contributed by atoms with Crippen molar-refractivity contribution >= 4 is 22.6 Å². The van der Waals surface area contributed by atoms with E-state index in [4.69, 9.17) is 10.5 Å². The summed E-state index contributed by atoms with van der Waals surface area (Å²) < 4.78 is 6.93. The molecule has 2 atom stereocenters. The van der Waals surface area contributed by atoms with Crippen LogP contribution in [-0.4, -0.2) is 12.6 Å². The van der Waals surface area contributed by atoms with Gasteiger partial charge < -0.3 is 10.5 Å². The first-order valence-corrected chi connectivity index (χ1v) is 5.98. The molecule has 0 aromatic heterocycles.